The van der Waals surface area contributed by atoms with Crippen LogP contribution in [0.25, 0.3) is 11.1 Å². The topological polar surface area (TPSA) is 108 Å². The van der Waals surface area contributed by atoms with Crippen molar-refractivity contribution in [3.05, 3.63) is 90.0 Å². The summed E-state index contributed by atoms with van der Waals surface area (Å²) in [5.74, 6) is -2.55. The van der Waals surface area contributed by atoms with Gasteiger partial charge >= 0.3 is 7.12 Å². The van der Waals surface area contributed by atoms with Crippen LogP contribution in [0.15, 0.2) is 78.9 Å². The smallest absolute Gasteiger partial charge is 0.475 e. The van der Waals surface area contributed by atoms with Crippen LogP contribution in [0.4, 0.5) is 0 Å². The number of ether oxygens (including phenoxy) is 1. The standard InChI is InChI=1S/C28H33BN2O5/c1-19(2)26(27(32)30-18-21-8-7-11-24(16-21)36-3)28(33)31-25(29(34)35)17-20-12-14-23(15-13-20)22-9-5-4-6-10-22/h4-16,19,25-26,34-35H,17-18H2,1-3H3,(H,30,32)(H,31,33)/t25-,26?/m0/s1. The van der Waals surface area contributed by atoms with Crippen molar-refractivity contribution in [2.75, 3.05) is 7.11 Å². The van der Waals surface area contributed by atoms with Crippen LogP contribution in [0.2, 0.25) is 0 Å². The van der Waals surface area contributed by atoms with Gasteiger partial charge in [0.1, 0.15) is 11.7 Å². The summed E-state index contributed by atoms with van der Waals surface area (Å²) < 4.78 is 5.21. The molecule has 0 aliphatic carbocycles. The normalized spacial score (nSPS) is 12.5. The number of benzene rings is 3. The van der Waals surface area contributed by atoms with E-state index in [9.17, 15) is 19.6 Å². The fraction of sp³-hybridized carbons (Fsp3) is 0.286. The van der Waals surface area contributed by atoms with Gasteiger partial charge in [-0.05, 0) is 46.7 Å². The summed E-state index contributed by atoms with van der Waals surface area (Å²) in [6, 6.07) is 24.9. The summed E-state index contributed by atoms with van der Waals surface area (Å²) in [4.78, 5) is 26.0. The lowest BCUT2D eigenvalue weighted by Crippen LogP contribution is -2.53. The number of carbonyl (C=O) groups excluding carboxylic acids is 2. The van der Waals surface area contributed by atoms with Crippen LogP contribution in [0.3, 0.4) is 0 Å². The van der Waals surface area contributed by atoms with Crippen molar-refractivity contribution in [3.63, 3.8) is 0 Å². The molecule has 0 heterocycles. The van der Waals surface area contributed by atoms with E-state index in [4.69, 9.17) is 4.74 Å². The molecule has 0 spiro atoms. The molecule has 0 fully saturated rings. The summed E-state index contributed by atoms with van der Waals surface area (Å²) in [7, 11) is -0.212. The maximum Gasteiger partial charge on any atom is 0.475 e. The Balaban J connectivity index is 1.64. The molecule has 188 valence electrons. The van der Waals surface area contributed by atoms with Crippen molar-refractivity contribution in [1.82, 2.24) is 10.6 Å². The van der Waals surface area contributed by atoms with Crippen molar-refractivity contribution < 1.29 is 24.4 Å². The fourth-order valence-electron chi connectivity index (χ4n) is 4.03. The zero-order valence-electron chi connectivity index (χ0n) is 20.8. The molecule has 7 nitrogen and oxygen atoms in total. The lowest BCUT2D eigenvalue weighted by Gasteiger charge is -2.24. The van der Waals surface area contributed by atoms with Crippen LogP contribution in [-0.2, 0) is 22.6 Å². The molecular formula is C28H33BN2O5. The Morgan fingerprint density at radius 1 is 0.861 bits per heavy atom. The summed E-state index contributed by atoms with van der Waals surface area (Å²) in [6.45, 7) is 3.80. The molecule has 2 amide bonds. The highest BCUT2D eigenvalue weighted by atomic mass is 16.5. The van der Waals surface area contributed by atoms with Crippen molar-refractivity contribution in [3.8, 4) is 16.9 Å². The number of methoxy groups -OCH3 is 1. The van der Waals surface area contributed by atoms with Gasteiger partial charge in [0.25, 0.3) is 0 Å². The van der Waals surface area contributed by atoms with Gasteiger partial charge in [0.05, 0.1) is 13.1 Å². The lowest BCUT2D eigenvalue weighted by molar-refractivity contribution is -0.137. The Morgan fingerprint density at radius 3 is 2.14 bits per heavy atom. The summed E-state index contributed by atoms with van der Waals surface area (Å²) in [6.07, 6.45) is 0.203. The van der Waals surface area contributed by atoms with E-state index >= 15 is 0 Å². The van der Waals surface area contributed by atoms with E-state index in [1.165, 1.54) is 0 Å². The second-order valence-corrected chi connectivity index (χ2v) is 9.09. The maximum absolute atomic E-state index is 13.1. The average molecular weight is 488 g/mol. The average Bonchev–Trinajstić information content (AvgIpc) is 2.88. The lowest BCUT2D eigenvalue weighted by atomic mass is 9.75. The van der Waals surface area contributed by atoms with E-state index < -0.39 is 30.8 Å². The van der Waals surface area contributed by atoms with Gasteiger partial charge in [-0.15, -0.1) is 0 Å². The number of hydrogen-bond donors (Lipinski definition) is 4. The predicted molar refractivity (Wildman–Crippen MR) is 141 cm³/mol. The van der Waals surface area contributed by atoms with Gasteiger partial charge in [0, 0.05) is 6.54 Å². The van der Waals surface area contributed by atoms with Gasteiger partial charge in [0.15, 0.2) is 0 Å². The van der Waals surface area contributed by atoms with Gasteiger partial charge in [-0.1, -0.05) is 80.6 Å². The summed E-state index contributed by atoms with van der Waals surface area (Å²) >= 11 is 0. The first-order chi connectivity index (χ1) is 17.3. The van der Waals surface area contributed by atoms with Gasteiger partial charge in [-0.25, -0.2) is 0 Å². The molecule has 36 heavy (non-hydrogen) atoms. The van der Waals surface area contributed by atoms with Gasteiger partial charge < -0.3 is 25.4 Å². The van der Waals surface area contributed by atoms with E-state index in [1.54, 1.807) is 21.0 Å². The number of rotatable bonds is 11. The zero-order valence-corrected chi connectivity index (χ0v) is 20.8. The van der Waals surface area contributed by atoms with Crippen LogP contribution in [0.5, 0.6) is 5.75 Å². The molecule has 3 aromatic rings. The molecule has 2 atom stereocenters. The van der Waals surface area contributed by atoms with E-state index in [0.717, 1.165) is 22.3 Å². The third-order valence-corrected chi connectivity index (χ3v) is 6.04. The quantitative estimate of drug-likeness (QED) is 0.245. The first-order valence-electron chi connectivity index (χ1n) is 12.0. The zero-order chi connectivity index (χ0) is 26.1. The number of carbonyl (C=O) groups is 2. The van der Waals surface area contributed by atoms with E-state index in [-0.39, 0.29) is 18.9 Å². The van der Waals surface area contributed by atoms with E-state index in [0.29, 0.717) is 5.75 Å². The Labute approximate surface area is 212 Å². The Morgan fingerprint density at radius 2 is 1.53 bits per heavy atom. The number of nitrogens with one attached hydrogen (secondary N) is 2. The minimum Gasteiger partial charge on any atom is -0.497 e. The van der Waals surface area contributed by atoms with Crippen LogP contribution >= 0.6 is 0 Å². The Bertz CT molecular complexity index is 1140. The van der Waals surface area contributed by atoms with E-state index in [1.807, 2.05) is 78.9 Å². The summed E-state index contributed by atoms with van der Waals surface area (Å²) in [5, 5.41) is 25.4. The molecule has 0 aliphatic rings. The Kier molecular flexibility index (Phi) is 9.67. The van der Waals surface area contributed by atoms with Crippen molar-refractivity contribution >= 4 is 18.9 Å². The monoisotopic (exact) mass is 488 g/mol. The minimum absolute atomic E-state index is 0.203. The summed E-state index contributed by atoms with van der Waals surface area (Å²) in [5.41, 5.74) is 3.79. The SMILES string of the molecule is COc1cccc(CNC(=O)C(C(=O)N[C@@H](Cc2ccc(-c3ccccc3)cc2)B(O)O)C(C)C)c1. The van der Waals surface area contributed by atoms with E-state index in [2.05, 4.69) is 10.6 Å². The molecule has 4 N–H and O–H groups in total. The van der Waals surface area contributed by atoms with Crippen LogP contribution in [-0.4, -0.2) is 42.0 Å². The molecule has 3 rings (SSSR count). The largest absolute Gasteiger partial charge is 0.497 e. The van der Waals surface area contributed by atoms with Crippen LogP contribution < -0.4 is 15.4 Å². The molecule has 8 heteroatoms. The third kappa shape index (κ3) is 7.44. The number of hydrogen-bond acceptors (Lipinski definition) is 5. The molecule has 0 aliphatic heterocycles. The van der Waals surface area contributed by atoms with Crippen molar-refractivity contribution in [1.29, 1.82) is 0 Å². The highest BCUT2D eigenvalue weighted by Crippen LogP contribution is 2.20. The molecule has 0 radical (unpaired) electrons. The molecular weight excluding hydrogens is 455 g/mol. The molecule has 0 aromatic heterocycles. The van der Waals surface area contributed by atoms with Crippen LogP contribution in [0.1, 0.15) is 25.0 Å². The molecule has 3 aromatic carbocycles. The molecule has 0 bridgehead atoms. The third-order valence-electron chi connectivity index (χ3n) is 6.04. The second-order valence-electron chi connectivity index (χ2n) is 9.09. The first-order valence-corrected chi connectivity index (χ1v) is 12.0. The number of amides is 2. The molecule has 0 saturated carbocycles. The second kappa shape index (κ2) is 12.9. The van der Waals surface area contributed by atoms with Gasteiger partial charge in [0.2, 0.25) is 11.8 Å². The molecule has 1 unspecified atom stereocenters. The highest BCUT2D eigenvalue weighted by Gasteiger charge is 2.34. The predicted octanol–water partition coefficient (Wildman–Crippen LogP) is 2.99. The van der Waals surface area contributed by atoms with Gasteiger partial charge in [-0.2, -0.15) is 0 Å². The first kappa shape index (κ1) is 27.0. The molecule has 0 saturated heterocycles. The minimum atomic E-state index is -1.78. The van der Waals surface area contributed by atoms with Crippen LogP contribution in [0, 0.1) is 11.8 Å². The Hall–Kier alpha value is -3.62. The van der Waals surface area contributed by atoms with Crippen molar-refractivity contribution in [2.45, 2.75) is 32.8 Å². The highest BCUT2D eigenvalue weighted by molar-refractivity contribution is 6.43. The van der Waals surface area contributed by atoms with Gasteiger partial charge in [-0.3, -0.25) is 9.59 Å². The van der Waals surface area contributed by atoms with Crippen molar-refractivity contribution in [2.24, 2.45) is 11.8 Å². The fourth-order valence-corrected chi connectivity index (χ4v) is 4.03. The maximum atomic E-state index is 13.1.